The zero-order chi connectivity index (χ0) is 14.7. The summed E-state index contributed by atoms with van der Waals surface area (Å²) in [7, 11) is 1.60. The van der Waals surface area contributed by atoms with Crippen molar-refractivity contribution in [3.63, 3.8) is 0 Å². The van der Waals surface area contributed by atoms with Crippen LogP contribution >= 0.6 is 0 Å². The normalized spacial score (nSPS) is 14.1. The Kier molecular flexibility index (Phi) is 4.80. The molecule has 0 saturated heterocycles. The van der Waals surface area contributed by atoms with Gasteiger partial charge in [0.15, 0.2) is 10.5 Å². The van der Waals surface area contributed by atoms with Crippen molar-refractivity contribution in [2.75, 3.05) is 0 Å². The van der Waals surface area contributed by atoms with Crippen LogP contribution in [0.4, 0.5) is 0 Å². The van der Waals surface area contributed by atoms with Crippen LogP contribution < -0.4 is 0 Å². The standard InChI is InChI=1S/C17H27OSi/c1-15(2,3)17(18-19,16(4,5)6)13-12-14-10-8-7-9-11-14/h7-13H,19H2,1-6H3. The molecule has 1 radical (unpaired) electrons. The molecular formula is C17H27OSi. The van der Waals surface area contributed by atoms with Crippen molar-refractivity contribution in [1.29, 1.82) is 0 Å². The zero-order valence-electron chi connectivity index (χ0n) is 13.2. The first-order valence-corrected chi connectivity index (χ1v) is 7.39. The van der Waals surface area contributed by atoms with E-state index in [0.717, 1.165) is 0 Å². The Morgan fingerprint density at radius 1 is 0.895 bits per heavy atom. The number of benzene rings is 1. The van der Waals surface area contributed by atoms with E-state index in [0.29, 0.717) is 0 Å². The van der Waals surface area contributed by atoms with E-state index in [9.17, 15) is 0 Å². The highest BCUT2D eigenvalue weighted by Gasteiger charge is 2.48. The van der Waals surface area contributed by atoms with E-state index in [2.05, 4.69) is 78.0 Å². The van der Waals surface area contributed by atoms with E-state index < -0.39 is 0 Å². The quantitative estimate of drug-likeness (QED) is 0.755. The average Bonchev–Trinajstić information content (AvgIpc) is 2.28. The van der Waals surface area contributed by atoms with Crippen molar-refractivity contribution in [2.45, 2.75) is 47.1 Å². The van der Waals surface area contributed by atoms with Gasteiger partial charge >= 0.3 is 0 Å². The van der Waals surface area contributed by atoms with E-state index in [-0.39, 0.29) is 16.4 Å². The Morgan fingerprint density at radius 2 is 1.37 bits per heavy atom. The summed E-state index contributed by atoms with van der Waals surface area (Å²) >= 11 is 0. The van der Waals surface area contributed by atoms with Gasteiger partial charge in [-0.15, -0.1) is 0 Å². The maximum Gasteiger partial charge on any atom is 0.176 e. The molecule has 0 heterocycles. The van der Waals surface area contributed by atoms with Gasteiger partial charge in [0.2, 0.25) is 0 Å². The Labute approximate surface area is 121 Å². The molecule has 19 heavy (non-hydrogen) atoms. The smallest absolute Gasteiger partial charge is 0.176 e. The van der Waals surface area contributed by atoms with Crippen molar-refractivity contribution in [1.82, 2.24) is 0 Å². The van der Waals surface area contributed by atoms with E-state index in [1.807, 2.05) is 6.07 Å². The highest BCUT2D eigenvalue weighted by Crippen LogP contribution is 2.47. The van der Waals surface area contributed by atoms with Crippen molar-refractivity contribution in [3.05, 3.63) is 42.0 Å². The average molecular weight is 275 g/mol. The molecule has 0 aliphatic heterocycles. The second-order valence-corrected chi connectivity index (χ2v) is 7.41. The molecule has 0 aromatic heterocycles. The minimum absolute atomic E-state index is 0.0261. The molecule has 105 valence electrons. The summed E-state index contributed by atoms with van der Waals surface area (Å²) in [6, 6.07) is 10.4. The SMILES string of the molecule is CC(C)(C)C(C=Cc1ccccc1)(O[SiH2])C(C)(C)C. The van der Waals surface area contributed by atoms with Gasteiger partial charge in [0.1, 0.15) is 0 Å². The molecule has 0 atom stereocenters. The van der Waals surface area contributed by atoms with Crippen LogP contribution in [0.5, 0.6) is 0 Å². The van der Waals surface area contributed by atoms with E-state index in [1.165, 1.54) is 5.56 Å². The molecule has 0 aliphatic rings. The number of hydrogen-bond acceptors (Lipinski definition) is 1. The van der Waals surface area contributed by atoms with Crippen LogP contribution in [0.3, 0.4) is 0 Å². The van der Waals surface area contributed by atoms with Crippen molar-refractivity contribution >= 4 is 16.6 Å². The molecule has 0 N–H and O–H groups in total. The lowest BCUT2D eigenvalue weighted by Gasteiger charge is -2.51. The minimum Gasteiger partial charge on any atom is -0.415 e. The van der Waals surface area contributed by atoms with E-state index in [1.54, 1.807) is 10.5 Å². The molecule has 1 aromatic carbocycles. The van der Waals surface area contributed by atoms with Gasteiger partial charge in [-0.2, -0.15) is 0 Å². The second kappa shape index (κ2) is 5.64. The molecular weight excluding hydrogens is 248 g/mol. The molecule has 0 amide bonds. The lowest BCUT2D eigenvalue weighted by molar-refractivity contribution is -0.0689. The van der Waals surface area contributed by atoms with Crippen LogP contribution in [0.25, 0.3) is 6.08 Å². The number of hydrogen-bond donors (Lipinski definition) is 0. The number of rotatable bonds is 3. The monoisotopic (exact) mass is 275 g/mol. The molecule has 0 fully saturated rings. The first-order chi connectivity index (χ1) is 8.64. The Bertz CT molecular complexity index is 407. The third-order valence-corrected chi connectivity index (χ3v) is 4.22. The summed E-state index contributed by atoms with van der Waals surface area (Å²) in [4.78, 5) is 0. The lowest BCUT2D eigenvalue weighted by Crippen LogP contribution is -2.53. The third-order valence-electron chi connectivity index (χ3n) is 3.77. The Hall–Kier alpha value is -0.863. The molecule has 2 heteroatoms. The van der Waals surface area contributed by atoms with Gasteiger partial charge < -0.3 is 4.43 Å². The summed E-state index contributed by atoms with van der Waals surface area (Å²) in [6.45, 7) is 13.4. The Morgan fingerprint density at radius 3 is 1.74 bits per heavy atom. The second-order valence-electron chi connectivity index (χ2n) is 7.12. The van der Waals surface area contributed by atoms with Gasteiger partial charge in [0.05, 0.1) is 5.60 Å². The predicted molar refractivity (Wildman–Crippen MR) is 86.7 cm³/mol. The predicted octanol–water partition coefficient (Wildman–Crippen LogP) is 4.10. The van der Waals surface area contributed by atoms with Gasteiger partial charge in [-0.3, -0.25) is 0 Å². The third kappa shape index (κ3) is 3.37. The maximum atomic E-state index is 6.03. The largest absolute Gasteiger partial charge is 0.415 e. The van der Waals surface area contributed by atoms with Gasteiger partial charge in [-0.05, 0) is 16.4 Å². The molecule has 0 unspecified atom stereocenters. The summed E-state index contributed by atoms with van der Waals surface area (Å²) in [5, 5.41) is 0. The first-order valence-electron chi connectivity index (χ1n) is 6.81. The van der Waals surface area contributed by atoms with Gasteiger partial charge in [0.25, 0.3) is 0 Å². The van der Waals surface area contributed by atoms with Crippen LogP contribution in [0, 0.1) is 10.8 Å². The Balaban J connectivity index is 3.23. The topological polar surface area (TPSA) is 9.23 Å². The zero-order valence-corrected chi connectivity index (χ0v) is 14.6. The highest BCUT2D eigenvalue weighted by molar-refractivity contribution is 5.98. The summed E-state index contributed by atoms with van der Waals surface area (Å²) in [6.07, 6.45) is 4.40. The first kappa shape index (κ1) is 16.2. The molecule has 0 saturated carbocycles. The summed E-state index contributed by atoms with van der Waals surface area (Å²) in [5.74, 6) is 0. The fraction of sp³-hybridized carbons (Fsp3) is 0.529. The molecule has 1 rings (SSSR count). The summed E-state index contributed by atoms with van der Waals surface area (Å²) in [5.41, 5.74) is 0.964. The van der Waals surface area contributed by atoms with Gasteiger partial charge in [0, 0.05) is 0 Å². The van der Waals surface area contributed by atoms with E-state index >= 15 is 0 Å². The molecule has 0 aliphatic carbocycles. The maximum absolute atomic E-state index is 6.03. The van der Waals surface area contributed by atoms with Gasteiger partial charge in [-0.1, -0.05) is 84.0 Å². The molecule has 1 nitrogen and oxygen atoms in total. The highest BCUT2D eigenvalue weighted by atomic mass is 28.2. The summed E-state index contributed by atoms with van der Waals surface area (Å²) < 4.78 is 6.03. The molecule has 1 aromatic rings. The fourth-order valence-electron chi connectivity index (χ4n) is 2.88. The molecule has 0 bridgehead atoms. The van der Waals surface area contributed by atoms with Crippen molar-refractivity contribution < 1.29 is 4.43 Å². The van der Waals surface area contributed by atoms with Crippen LogP contribution in [-0.4, -0.2) is 16.1 Å². The van der Waals surface area contributed by atoms with Crippen LogP contribution in [0.15, 0.2) is 36.4 Å². The molecule has 0 spiro atoms. The van der Waals surface area contributed by atoms with Crippen molar-refractivity contribution in [3.8, 4) is 0 Å². The van der Waals surface area contributed by atoms with Crippen LogP contribution in [0.1, 0.15) is 47.1 Å². The van der Waals surface area contributed by atoms with Crippen molar-refractivity contribution in [2.24, 2.45) is 10.8 Å². The lowest BCUT2D eigenvalue weighted by atomic mass is 9.62. The fourth-order valence-corrected chi connectivity index (χ4v) is 3.85. The van der Waals surface area contributed by atoms with E-state index in [4.69, 9.17) is 4.43 Å². The minimum atomic E-state index is -0.297. The van der Waals surface area contributed by atoms with Crippen LogP contribution in [-0.2, 0) is 4.43 Å². The van der Waals surface area contributed by atoms with Crippen LogP contribution in [0.2, 0.25) is 0 Å². The van der Waals surface area contributed by atoms with Gasteiger partial charge in [-0.25, -0.2) is 0 Å².